The van der Waals surface area contributed by atoms with Gasteiger partial charge in [0.05, 0.1) is 20.1 Å². The first-order valence-corrected chi connectivity index (χ1v) is 9.53. The number of carbonyl (C=O) groups excluding carboxylic acids is 2. The normalized spacial score (nSPS) is 11.2. The van der Waals surface area contributed by atoms with Crippen LogP contribution in [0.25, 0.3) is 0 Å². The minimum Gasteiger partial charge on any atom is -0.497 e. The van der Waals surface area contributed by atoms with Gasteiger partial charge in [-0.1, -0.05) is 54.6 Å². The van der Waals surface area contributed by atoms with Crippen LogP contribution in [0.3, 0.4) is 0 Å². The average molecular weight is 405 g/mol. The summed E-state index contributed by atoms with van der Waals surface area (Å²) in [7, 11) is 1.55. The molecule has 3 aromatic carbocycles. The molecule has 0 aliphatic rings. The molecule has 1 atom stereocenters. The number of esters is 1. The number of methoxy groups -OCH3 is 1. The van der Waals surface area contributed by atoms with E-state index in [1.54, 1.807) is 67.8 Å². The van der Waals surface area contributed by atoms with Crippen LogP contribution in [0, 0.1) is 0 Å². The summed E-state index contributed by atoms with van der Waals surface area (Å²) in [5.41, 5.74) is 1.12. The Morgan fingerprint density at radius 1 is 0.867 bits per heavy atom. The SMILES string of the molecule is COc1cccc(NC(=O)[C@H](OC(=O)CCOc2ccccc2)c2ccccc2)c1. The van der Waals surface area contributed by atoms with Gasteiger partial charge < -0.3 is 19.5 Å². The summed E-state index contributed by atoms with van der Waals surface area (Å²) < 4.78 is 16.2. The van der Waals surface area contributed by atoms with Gasteiger partial charge in [0.1, 0.15) is 11.5 Å². The van der Waals surface area contributed by atoms with Crippen molar-refractivity contribution < 1.29 is 23.8 Å². The second-order valence-corrected chi connectivity index (χ2v) is 6.41. The molecule has 0 bridgehead atoms. The van der Waals surface area contributed by atoms with Gasteiger partial charge in [-0.15, -0.1) is 0 Å². The molecule has 0 fully saturated rings. The van der Waals surface area contributed by atoms with Gasteiger partial charge >= 0.3 is 5.97 Å². The highest BCUT2D eigenvalue weighted by Gasteiger charge is 2.25. The zero-order chi connectivity index (χ0) is 21.2. The maximum Gasteiger partial charge on any atom is 0.310 e. The highest BCUT2D eigenvalue weighted by molar-refractivity contribution is 5.96. The van der Waals surface area contributed by atoms with Crippen LogP contribution in [0.15, 0.2) is 84.9 Å². The fourth-order valence-electron chi connectivity index (χ4n) is 2.77. The third-order valence-corrected chi connectivity index (χ3v) is 4.25. The smallest absolute Gasteiger partial charge is 0.310 e. The van der Waals surface area contributed by atoms with Crippen molar-refractivity contribution in [2.75, 3.05) is 19.0 Å². The lowest BCUT2D eigenvalue weighted by Gasteiger charge is -2.18. The van der Waals surface area contributed by atoms with E-state index in [1.165, 1.54) is 0 Å². The van der Waals surface area contributed by atoms with E-state index in [9.17, 15) is 9.59 Å². The van der Waals surface area contributed by atoms with Gasteiger partial charge in [0, 0.05) is 17.3 Å². The van der Waals surface area contributed by atoms with Gasteiger partial charge in [0.25, 0.3) is 5.91 Å². The molecular formula is C24H23NO5. The van der Waals surface area contributed by atoms with E-state index in [0.29, 0.717) is 22.7 Å². The van der Waals surface area contributed by atoms with E-state index in [0.717, 1.165) is 0 Å². The Morgan fingerprint density at radius 3 is 2.23 bits per heavy atom. The van der Waals surface area contributed by atoms with Crippen molar-refractivity contribution in [2.24, 2.45) is 0 Å². The second kappa shape index (κ2) is 10.7. The van der Waals surface area contributed by atoms with Crippen molar-refractivity contribution in [1.29, 1.82) is 0 Å². The van der Waals surface area contributed by atoms with Crippen molar-refractivity contribution >= 4 is 17.6 Å². The molecule has 0 saturated carbocycles. The molecule has 0 spiro atoms. The van der Waals surface area contributed by atoms with Crippen LogP contribution in [0.1, 0.15) is 18.1 Å². The zero-order valence-corrected chi connectivity index (χ0v) is 16.6. The molecule has 6 nitrogen and oxygen atoms in total. The standard InChI is InChI=1S/C24H23NO5/c1-28-21-14-8-11-19(17-21)25-24(27)23(18-9-4-2-5-10-18)30-22(26)15-16-29-20-12-6-3-7-13-20/h2-14,17,23H,15-16H2,1H3,(H,25,27)/t23-/m1/s1. The summed E-state index contributed by atoms with van der Waals surface area (Å²) in [4.78, 5) is 25.3. The summed E-state index contributed by atoms with van der Waals surface area (Å²) in [6.45, 7) is 0.155. The molecule has 0 radical (unpaired) electrons. The number of benzene rings is 3. The van der Waals surface area contributed by atoms with Crippen LogP contribution in [-0.2, 0) is 14.3 Å². The number of rotatable bonds is 9. The first kappa shape index (κ1) is 20.9. The average Bonchev–Trinajstić information content (AvgIpc) is 2.79. The van der Waals surface area contributed by atoms with Crippen LogP contribution in [0.5, 0.6) is 11.5 Å². The summed E-state index contributed by atoms with van der Waals surface area (Å²) in [5, 5.41) is 2.78. The molecular weight excluding hydrogens is 382 g/mol. The number of anilines is 1. The van der Waals surface area contributed by atoms with Gasteiger partial charge in [-0.05, 0) is 24.3 Å². The molecule has 30 heavy (non-hydrogen) atoms. The first-order chi connectivity index (χ1) is 14.7. The van der Waals surface area contributed by atoms with E-state index >= 15 is 0 Å². The molecule has 0 aliphatic heterocycles. The number of hydrogen-bond acceptors (Lipinski definition) is 5. The predicted octanol–water partition coefficient (Wildman–Crippen LogP) is 4.39. The molecule has 0 aromatic heterocycles. The molecule has 154 valence electrons. The third kappa shape index (κ3) is 6.10. The predicted molar refractivity (Wildman–Crippen MR) is 113 cm³/mol. The largest absolute Gasteiger partial charge is 0.497 e. The van der Waals surface area contributed by atoms with Gasteiger partial charge in [0.15, 0.2) is 0 Å². The number of amides is 1. The van der Waals surface area contributed by atoms with Crippen LogP contribution in [-0.4, -0.2) is 25.6 Å². The van der Waals surface area contributed by atoms with Crippen molar-refractivity contribution in [3.8, 4) is 11.5 Å². The topological polar surface area (TPSA) is 73.9 Å². The minimum absolute atomic E-state index is 0.0185. The number of nitrogens with one attached hydrogen (secondary N) is 1. The van der Waals surface area contributed by atoms with Crippen molar-refractivity contribution in [3.63, 3.8) is 0 Å². The fraction of sp³-hybridized carbons (Fsp3) is 0.167. The molecule has 1 N–H and O–H groups in total. The van der Waals surface area contributed by atoms with Crippen LogP contribution >= 0.6 is 0 Å². The van der Waals surface area contributed by atoms with E-state index < -0.39 is 18.0 Å². The number of ether oxygens (including phenoxy) is 3. The molecule has 0 unspecified atom stereocenters. The van der Waals surface area contributed by atoms with Crippen molar-refractivity contribution in [2.45, 2.75) is 12.5 Å². The van der Waals surface area contributed by atoms with Crippen LogP contribution < -0.4 is 14.8 Å². The number of carbonyl (C=O) groups is 2. The Morgan fingerprint density at radius 2 is 1.53 bits per heavy atom. The highest BCUT2D eigenvalue weighted by Crippen LogP contribution is 2.23. The lowest BCUT2D eigenvalue weighted by molar-refractivity contribution is -0.155. The minimum atomic E-state index is -1.08. The van der Waals surface area contributed by atoms with E-state index in [1.807, 2.05) is 24.3 Å². The van der Waals surface area contributed by atoms with Gasteiger partial charge in [-0.25, -0.2) is 0 Å². The molecule has 0 aliphatic carbocycles. The fourth-order valence-corrected chi connectivity index (χ4v) is 2.77. The van der Waals surface area contributed by atoms with Gasteiger partial charge in [-0.3, -0.25) is 9.59 Å². The van der Waals surface area contributed by atoms with Crippen molar-refractivity contribution in [3.05, 3.63) is 90.5 Å². The Hall–Kier alpha value is -3.80. The van der Waals surface area contributed by atoms with Crippen LogP contribution in [0.4, 0.5) is 5.69 Å². The zero-order valence-electron chi connectivity index (χ0n) is 16.6. The lowest BCUT2D eigenvalue weighted by atomic mass is 10.1. The van der Waals surface area contributed by atoms with Crippen LogP contribution in [0.2, 0.25) is 0 Å². The summed E-state index contributed by atoms with van der Waals surface area (Å²) in [6.07, 6.45) is -1.06. The molecule has 0 saturated heterocycles. The molecule has 1 amide bonds. The Bertz CT molecular complexity index is 960. The Kier molecular flexibility index (Phi) is 7.44. The molecule has 3 rings (SSSR count). The van der Waals surface area contributed by atoms with E-state index in [-0.39, 0.29) is 13.0 Å². The second-order valence-electron chi connectivity index (χ2n) is 6.41. The molecule has 3 aromatic rings. The number of para-hydroxylation sites is 1. The summed E-state index contributed by atoms with van der Waals surface area (Å²) >= 11 is 0. The van der Waals surface area contributed by atoms with E-state index in [4.69, 9.17) is 14.2 Å². The van der Waals surface area contributed by atoms with Gasteiger partial charge in [-0.2, -0.15) is 0 Å². The molecule has 0 heterocycles. The highest BCUT2D eigenvalue weighted by atomic mass is 16.6. The quantitative estimate of drug-likeness (QED) is 0.535. The summed E-state index contributed by atoms with van der Waals surface area (Å²) in [5.74, 6) is 0.298. The maximum absolute atomic E-state index is 12.9. The van der Waals surface area contributed by atoms with Crippen molar-refractivity contribution in [1.82, 2.24) is 0 Å². The van der Waals surface area contributed by atoms with E-state index in [2.05, 4.69) is 5.32 Å². The maximum atomic E-state index is 12.9. The van der Waals surface area contributed by atoms with Gasteiger partial charge in [0.2, 0.25) is 6.10 Å². The Labute approximate surface area is 175 Å². The third-order valence-electron chi connectivity index (χ3n) is 4.25. The molecule has 6 heteroatoms. The Balaban J connectivity index is 1.64. The first-order valence-electron chi connectivity index (χ1n) is 9.53. The lowest BCUT2D eigenvalue weighted by Crippen LogP contribution is -2.26. The monoisotopic (exact) mass is 405 g/mol. The summed E-state index contributed by atoms with van der Waals surface area (Å²) in [6, 6.07) is 25.0. The number of hydrogen-bond donors (Lipinski definition) is 1.